The van der Waals surface area contributed by atoms with Crippen molar-refractivity contribution in [2.45, 2.75) is 33.1 Å². The Hall–Kier alpha value is -1.03. The zero-order valence-corrected chi connectivity index (χ0v) is 11.2. The molecule has 0 bridgehead atoms. The molecule has 0 amide bonds. The van der Waals surface area contributed by atoms with Crippen LogP contribution in [0.5, 0.6) is 0 Å². The Kier molecular flexibility index (Phi) is 3.72. The van der Waals surface area contributed by atoms with Gasteiger partial charge in [0.2, 0.25) is 5.28 Å². The van der Waals surface area contributed by atoms with Crippen molar-refractivity contribution >= 4 is 23.1 Å². The van der Waals surface area contributed by atoms with E-state index in [4.69, 9.17) is 17.3 Å². The summed E-state index contributed by atoms with van der Waals surface area (Å²) in [5, 5.41) is 0.281. The Morgan fingerprint density at radius 2 is 2.06 bits per heavy atom. The van der Waals surface area contributed by atoms with Gasteiger partial charge in [-0.3, -0.25) is 0 Å². The smallest absolute Gasteiger partial charge is 0.224 e. The van der Waals surface area contributed by atoms with E-state index >= 15 is 0 Å². The molecule has 1 aromatic heterocycles. The number of aryl methyl sites for hydroxylation is 1. The predicted octanol–water partition coefficient (Wildman–Crippen LogP) is 2.65. The number of aromatic nitrogens is 2. The summed E-state index contributed by atoms with van der Waals surface area (Å²) in [6.07, 6.45) is 3.63. The van der Waals surface area contributed by atoms with Gasteiger partial charge in [0.15, 0.2) is 5.82 Å². The van der Waals surface area contributed by atoms with Crippen molar-refractivity contribution in [3.05, 3.63) is 11.0 Å². The van der Waals surface area contributed by atoms with Crippen molar-refractivity contribution in [2.75, 3.05) is 23.7 Å². The van der Waals surface area contributed by atoms with Crippen LogP contribution in [0.15, 0.2) is 0 Å². The molecular weight excluding hydrogens is 236 g/mol. The van der Waals surface area contributed by atoms with Gasteiger partial charge in [-0.1, -0.05) is 6.92 Å². The topological polar surface area (TPSA) is 55.0 Å². The summed E-state index contributed by atoms with van der Waals surface area (Å²) in [6, 6.07) is 0. The van der Waals surface area contributed by atoms with Crippen LogP contribution in [-0.2, 0) is 0 Å². The van der Waals surface area contributed by atoms with Crippen LogP contribution in [-0.4, -0.2) is 23.1 Å². The van der Waals surface area contributed by atoms with E-state index in [9.17, 15) is 0 Å². The molecule has 1 aromatic rings. The fourth-order valence-corrected chi connectivity index (χ4v) is 2.46. The van der Waals surface area contributed by atoms with Gasteiger partial charge in [0.1, 0.15) is 0 Å². The first-order valence-corrected chi connectivity index (χ1v) is 6.50. The van der Waals surface area contributed by atoms with Gasteiger partial charge in [-0.25, -0.2) is 4.98 Å². The minimum Gasteiger partial charge on any atom is -0.394 e. The first kappa shape index (κ1) is 12.4. The fraction of sp³-hybridized carbons (Fsp3) is 0.667. The van der Waals surface area contributed by atoms with Crippen LogP contribution in [0.1, 0.15) is 31.9 Å². The molecule has 5 heteroatoms. The third kappa shape index (κ3) is 2.80. The van der Waals surface area contributed by atoms with Crippen molar-refractivity contribution in [3.63, 3.8) is 0 Å². The summed E-state index contributed by atoms with van der Waals surface area (Å²) < 4.78 is 0. The summed E-state index contributed by atoms with van der Waals surface area (Å²) >= 11 is 5.91. The maximum Gasteiger partial charge on any atom is 0.224 e. The van der Waals surface area contributed by atoms with Gasteiger partial charge >= 0.3 is 0 Å². The highest BCUT2D eigenvalue weighted by Crippen LogP contribution is 2.27. The molecule has 17 heavy (non-hydrogen) atoms. The lowest BCUT2D eigenvalue weighted by atomic mass is 10.0. The molecule has 1 aliphatic heterocycles. The molecule has 0 radical (unpaired) electrons. The van der Waals surface area contributed by atoms with Crippen LogP contribution in [0.25, 0.3) is 0 Å². The van der Waals surface area contributed by atoms with Gasteiger partial charge in [0.05, 0.1) is 11.4 Å². The summed E-state index contributed by atoms with van der Waals surface area (Å²) in [5.74, 6) is 1.58. The lowest BCUT2D eigenvalue weighted by Gasteiger charge is -2.23. The number of nitrogens with zero attached hydrogens (tertiary/aromatic N) is 3. The van der Waals surface area contributed by atoms with E-state index in [1.807, 2.05) is 6.92 Å². The number of nitrogens with two attached hydrogens (primary N) is 1. The highest BCUT2D eigenvalue weighted by molar-refractivity contribution is 6.28. The largest absolute Gasteiger partial charge is 0.394 e. The van der Waals surface area contributed by atoms with E-state index in [1.54, 1.807) is 0 Å². The van der Waals surface area contributed by atoms with Crippen LogP contribution < -0.4 is 10.6 Å². The molecule has 2 N–H and O–H groups in total. The van der Waals surface area contributed by atoms with Crippen molar-refractivity contribution < 1.29 is 0 Å². The average Bonchev–Trinajstić information content (AvgIpc) is 2.48. The van der Waals surface area contributed by atoms with Gasteiger partial charge in [-0.05, 0) is 43.7 Å². The van der Waals surface area contributed by atoms with Crippen LogP contribution in [0.4, 0.5) is 11.5 Å². The third-order valence-electron chi connectivity index (χ3n) is 3.41. The number of nitrogen functional groups attached to an aromatic ring is 1. The zero-order valence-electron chi connectivity index (χ0n) is 10.4. The number of hydrogen-bond donors (Lipinski definition) is 1. The average molecular weight is 255 g/mol. The lowest BCUT2D eigenvalue weighted by molar-refractivity contribution is 0.521. The number of rotatable bonds is 1. The van der Waals surface area contributed by atoms with E-state index in [-0.39, 0.29) is 5.28 Å². The number of halogens is 1. The quantitative estimate of drug-likeness (QED) is 0.783. The SMILES string of the molecule is Cc1nc(Cl)nc(N2CCCC(C)CC2)c1N. The molecule has 2 heterocycles. The van der Waals surface area contributed by atoms with E-state index in [0.717, 1.165) is 30.5 Å². The molecule has 2 rings (SSSR count). The Morgan fingerprint density at radius 3 is 2.82 bits per heavy atom. The molecule has 0 aliphatic carbocycles. The first-order chi connectivity index (χ1) is 8.08. The molecule has 1 aliphatic rings. The third-order valence-corrected chi connectivity index (χ3v) is 3.57. The Labute approximate surface area is 107 Å². The van der Waals surface area contributed by atoms with Gasteiger partial charge < -0.3 is 10.6 Å². The molecule has 0 spiro atoms. The Morgan fingerprint density at radius 1 is 1.29 bits per heavy atom. The molecule has 1 atom stereocenters. The second-order valence-electron chi connectivity index (χ2n) is 4.84. The van der Waals surface area contributed by atoms with Crippen molar-refractivity contribution in [1.29, 1.82) is 0 Å². The van der Waals surface area contributed by atoms with Crippen LogP contribution in [0.3, 0.4) is 0 Å². The second-order valence-corrected chi connectivity index (χ2v) is 5.18. The van der Waals surface area contributed by atoms with Gasteiger partial charge in [-0.2, -0.15) is 4.98 Å². The Balaban J connectivity index is 2.26. The zero-order chi connectivity index (χ0) is 12.4. The summed E-state index contributed by atoms with van der Waals surface area (Å²) in [4.78, 5) is 10.6. The van der Waals surface area contributed by atoms with Gasteiger partial charge in [0.25, 0.3) is 0 Å². The fourth-order valence-electron chi connectivity index (χ4n) is 2.25. The normalized spacial score (nSPS) is 21.4. The molecule has 94 valence electrons. The molecule has 1 saturated heterocycles. The van der Waals surface area contributed by atoms with E-state index in [1.165, 1.54) is 19.3 Å². The maximum atomic E-state index is 6.04. The second kappa shape index (κ2) is 5.08. The van der Waals surface area contributed by atoms with Crippen molar-refractivity contribution in [1.82, 2.24) is 9.97 Å². The standard InChI is InChI=1S/C12H19ClN4/c1-8-4-3-6-17(7-5-8)11-10(14)9(2)15-12(13)16-11/h8H,3-7,14H2,1-2H3. The van der Waals surface area contributed by atoms with E-state index < -0.39 is 0 Å². The van der Waals surface area contributed by atoms with E-state index in [2.05, 4.69) is 21.8 Å². The van der Waals surface area contributed by atoms with Gasteiger partial charge in [-0.15, -0.1) is 0 Å². The maximum absolute atomic E-state index is 6.04. The van der Waals surface area contributed by atoms with Crippen molar-refractivity contribution in [3.8, 4) is 0 Å². The summed E-state index contributed by atoms with van der Waals surface area (Å²) in [5.41, 5.74) is 7.46. The summed E-state index contributed by atoms with van der Waals surface area (Å²) in [6.45, 7) is 6.16. The highest BCUT2D eigenvalue weighted by atomic mass is 35.5. The van der Waals surface area contributed by atoms with E-state index in [0.29, 0.717) is 5.69 Å². The molecular formula is C12H19ClN4. The van der Waals surface area contributed by atoms with Gasteiger partial charge in [0, 0.05) is 13.1 Å². The van der Waals surface area contributed by atoms with Crippen molar-refractivity contribution in [2.24, 2.45) is 5.92 Å². The first-order valence-electron chi connectivity index (χ1n) is 6.12. The number of anilines is 2. The lowest BCUT2D eigenvalue weighted by Crippen LogP contribution is -2.26. The minimum atomic E-state index is 0.281. The minimum absolute atomic E-state index is 0.281. The molecule has 0 aromatic carbocycles. The molecule has 0 saturated carbocycles. The predicted molar refractivity (Wildman–Crippen MR) is 71.4 cm³/mol. The summed E-state index contributed by atoms with van der Waals surface area (Å²) in [7, 11) is 0. The molecule has 4 nitrogen and oxygen atoms in total. The monoisotopic (exact) mass is 254 g/mol. The van der Waals surface area contributed by atoms with Crippen LogP contribution in [0, 0.1) is 12.8 Å². The highest BCUT2D eigenvalue weighted by Gasteiger charge is 2.18. The van der Waals surface area contributed by atoms with Crippen LogP contribution >= 0.6 is 11.6 Å². The Bertz CT molecular complexity index is 408. The molecule has 1 unspecified atom stereocenters. The molecule has 1 fully saturated rings. The number of hydrogen-bond acceptors (Lipinski definition) is 4. The van der Waals surface area contributed by atoms with Crippen LogP contribution in [0.2, 0.25) is 5.28 Å².